The summed E-state index contributed by atoms with van der Waals surface area (Å²) in [6, 6.07) is 8.04. The number of rotatable bonds is 1. The van der Waals surface area contributed by atoms with Crippen molar-refractivity contribution < 1.29 is 9.53 Å². The summed E-state index contributed by atoms with van der Waals surface area (Å²) in [5, 5.41) is 6.92. The fourth-order valence-corrected chi connectivity index (χ4v) is 2.13. The second-order valence-electron chi connectivity index (χ2n) is 3.75. The molecule has 1 aliphatic carbocycles. The Morgan fingerprint density at radius 1 is 1.44 bits per heavy atom. The molecule has 0 spiro atoms. The summed E-state index contributed by atoms with van der Waals surface area (Å²) in [7, 11) is 1.37. The van der Waals surface area contributed by atoms with E-state index in [-0.39, 0.29) is 5.97 Å². The molecule has 1 N–H and O–H groups in total. The van der Waals surface area contributed by atoms with E-state index in [9.17, 15) is 4.79 Å². The lowest BCUT2D eigenvalue weighted by molar-refractivity contribution is 0.0593. The number of carbonyl (C=O) groups is 1. The van der Waals surface area contributed by atoms with Crippen molar-refractivity contribution in [2.75, 3.05) is 7.11 Å². The van der Waals surface area contributed by atoms with Gasteiger partial charge in [0.2, 0.25) is 0 Å². The van der Waals surface area contributed by atoms with Gasteiger partial charge in [-0.2, -0.15) is 5.10 Å². The topological polar surface area (TPSA) is 55.0 Å². The Bertz CT molecular complexity index is 572. The number of fused-ring (bicyclic) bond motifs is 3. The number of methoxy groups -OCH3 is 1. The summed E-state index contributed by atoms with van der Waals surface area (Å²) in [5.41, 5.74) is 4.58. The third-order valence-corrected chi connectivity index (χ3v) is 2.90. The zero-order chi connectivity index (χ0) is 11.1. The van der Waals surface area contributed by atoms with Crippen molar-refractivity contribution in [3.8, 4) is 11.3 Å². The maximum atomic E-state index is 11.5. The number of aromatic nitrogens is 2. The Labute approximate surface area is 92.2 Å². The van der Waals surface area contributed by atoms with Crippen molar-refractivity contribution in [2.24, 2.45) is 0 Å². The van der Waals surface area contributed by atoms with Crippen LogP contribution in [-0.2, 0) is 11.2 Å². The minimum atomic E-state index is -0.360. The maximum Gasteiger partial charge on any atom is 0.356 e. The Balaban J connectivity index is 2.15. The van der Waals surface area contributed by atoms with E-state index >= 15 is 0 Å². The third-order valence-electron chi connectivity index (χ3n) is 2.90. The molecule has 2 aromatic rings. The van der Waals surface area contributed by atoms with Crippen LogP contribution in [0.15, 0.2) is 24.3 Å². The van der Waals surface area contributed by atoms with Gasteiger partial charge >= 0.3 is 5.97 Å². The highest BCUT2D eigenvalue weighted by atomic mass is 16.5. The van der Waals surface area contributed by atoms with Crippen LogP contribution in [0.4, 0.5) is 0 Å². The number of carbonyl (C=O) groups excluding carboxylic acids is 1. The number of esters is 1. The minimum Gasteiger partial charge on any atom is -0.464 e. The number of hydrogen-bond acceptors (Lipinski definition) is 3. The summed E-state index contributed by atoms with van der Waals surface area (Å²) in [4.78, 5) is 11.5. The van der Waals surface area contributed by atoms with Crippen molar-refractivity contribution in [3.63, 3.8) is 0 Å². The smallest absolute Gasteiger partial charge is 0.356 e. The van der Waals surface area contributed by atoms with Crippen LogP contribution in [-0.4, -0.2) is 23.3 Å². The summed E-state index contributed by atoms with van der Waals surface area (Å²) in [5.74, 6) is -0.360. The molecule has 0 unspecified atom stereocenters. The number of hydrogen-bond donors (Lipinski definition) is 1. The molecule has 16 heavy (non-hydrogen) atoms. The van der Waals surface area contributed by atoms with Crippen LogP contribution in [0.25, 0.3) is 11.3 Å². The van der Waals surface area contributed by atoms with Crippen LogP contribution in [0.2, 0.25) is 0 Å². The average molecular weight is 214 g/mol. The first-order valence-corrected chi connectivity index (χ1v) is 5.05. The summed E-state index contributed by atoms with van der Waals surface area (Å²) in [6.45, 7) is 0. The molecule has 0 radical (unpaired) electrons. The normalized spacial score (nSPS) is 12.1. The summed E-state index contributed by atoms with van der Waals surface area (Å²) < 4.78 is 4.71. The number of aromatic amines is 1. The second kappa shape index (κ2) is 3.20. The van der Waals surface area contributed by atoms with Gasteiger partial charge in [-0.25, -0.2) is 4.79 Å². The Kier molecular flexibility index (Phi) is 1.83. The molecule has 1 aromatic heterocycles. The van der Waals surface area contributed by atoms with Crippen molar-refractivity contribution in [2.45, 2.75) is 6.42 Å². The molecule has 0 saturated heterocycles. The van der Waals surface area contributed by atoms with Crippen molar-refractivity contribution in [3.05, 3.63) is 41.1 Å². The van der Waals surface area contributed by atoms with Gasteiger partial charge in [-0.1, -0.05) is 24.3 Å². The molecule has 1 aliphatic rings. The first-order valence-electron chi connectivity index (χ1n) is 5.05. The highest BCUT2D eigenvalue weighted by Gasteiger charge is 2.27. The predicted octanol–water partition coefficient (Wildman–Crippen LogP) is 1.77. The number of H-pyrrole nitrogens is 1. The lowest BCUT2D eigenvalue weighted by atomic mass is 10.1. The van der Waals surface area contributed by atoms with Gasteiger partial charge < -0.3 is 4.74 Å². The van der Waals surface area contributed by atoms with Crippen LogP contribution in [0, 0.1) is 0 Å². The molecule has 4 heteroatoms. The van der Waals surface area contributed by atoms with E-state index in [4.69, 9.17) is 4.74 Å². The number of nitrogens with zero attached hydrogens (tertiary/aromatic N) is 1. The van der Waals surface area contributed by atoms with E-state index in [1.165, 1.54) is 12.7 Å². The molecule has 0 saturated carbocycles. The molecule has 4 nitrogen and oxygen atoms in total. The van der Waals surface area contributed by atoms with Gasteiger partial charge in [0.25, 0.3) is 0 Å². The lowest BCUT2D eigenvalue weighted by Crippen LogP contribution is -2.04. The minimum absolute atomic E-state index is 0.360. The molecule has 80 valence electrons. The van der Waals surface area contributed by atoms with Gasteiger partial charge in [0, 0.05) is 17.5 Å². The summed E-state index contributed by atoms with van der Waals surface area (Å²) >= 11 is 0. The highest BCUT2D eigenvalue weighted by Crippen LogP contribution is 2.36. The van der Waals surface area contributed by atoms with Gasteiger partial charge in [-0.05, 0) is 5.56 Å². The van der Waals surface area contributed by atoms with Crippen molar-refractivity contribution in [1.29, 1.82) is 0 Å². The van der Waals surface area contributed by atoms with Gasteiger partial charge in [-0.15, -0.1) is 0 Å². The highest BCUT2D eigenvalue weighted by molar-refractivity contribution is 5.92. The molecular formula is C12H10N2O2. The van der Waals surface area contributed by atoms with Gasteiger partial charge in [0.05, 0.1) is 12.8 Å². The van der Waals surface area contributed by atoms with E-state index < -0.39 is 0 Å². The fourth-order valence-electron chi connectivity index (χ4n) is 2.13. The van der Waals surface area contributed by atoms with Crippen LogP contribution in [0.3, 0.4) is 0 Å². The maximum absolute atomic E-state index is 11.5. The van der Waals surface area contributed by atoms with Crippen LogP contribution in [0.5, 0.6) is 0 Å². The molecule has 0 fully saturated rings. The van der Waals surface area contributed by atoms with E-state index in [0.717, 1.165) is 23.2 Å². The fraction of sp³-hybridized carbons (Fsp3) is 0.167. The molecule has 3 rings (SSSR count). The Hall–Kier alpha value is -2.10. The molecule has 1 heterocycles. The van der Waals surface area contributed by atoms with Crippen molar-refractivity contribution >= 4 is 5.97 Å². The first-order chi connectivity index (χ1) is 7.81. The number of benzene rings is 1. The zero-order valence-corrected chi connectivity index (χ0v) is 8.78. The number of ether oxygens (including phenoxy) is 1. The molecular weight excluding hydrogens is 204 g/mol. The first kappa shape index (κ1) is 9.15. The average Bonchev–Trinajstić information content (AvgIpc) is 2.86. The van der Waals surface area contributed by atoms with Crippen LogP contribution >= 0.6 is 0 Å². The zero-order valence-electron chi connectivity index (χ0n) is 8.78. The van der Waals surface area contributed by atoms with E-state index in [1.807, 2.05) is 18.2 Å². The van der Waals surface area contributed by atoms with Gasteiger partial charge in [-0.3, -0.25) is 5.10 Å². The second-order valence-corrected chi connectivity index (χ2v) is 3.75. The van der Waals surface area contributed by atoms with Gasteiger partial charge in [0.1, 0.15) is 5.69 Å². The largest absolute Gasteiger partial charge is 0.464 e. The Morgan fingerprint density at radius 2 is 2.25 bits per heavy atom. The quantitative estimate of drug-likeness (QED) is 0.628. The van der Waals surface area contributed by atoms with E-state index in [2.05, 4.69) is 16.3 Å². The molecule has 0 amide bonds. The lowest BCUT2D eigenvalue weighted by Gasteiger charge is -1.98. The molecule has 0 aliphatic heterocycles. The predicted molar refractivity (Wildman–Crippen MR) is 58.2 cm³/mol. The van der Waals surface area contributed by atoms with E-state index in [1.54, 1.807) is 0 Å². The molecule has 0 atom stereocenters. The SMILES string of the molecule is COC(=O)c1[nH]nc2c1Cc1ccccc1-2. The van der Waals surface area contributed by atoms with Crippen molar-refractivity contribution in [1.82, 2.24) is 10.2 Å². The van der Waals surface area contributed by atoms with Crippen LogP contribution in [0.1, 0.15) is 21.6 Å². The number of nitrogens with one attached hydrogen (secondary N) is 1. The molecule has 0 bridgehead atoms. The van der Waals surface area contributed by atoms with Crippen LogP contribution < -0.4 is 0 Å². The molecule has 1 aromatic carbocycles. The van der Waals surface area contributed by atoms with E-state index in [0.29, 0.717) is 5.69 Å². The summed E-state index contributed by atoms with van der Waals surface area (Å²) in [6.07, 6.45) is 0.742. The third kappa shape index (κ3) is 1.10. The Morgan fingerprint density at radius 3 is 3.06 bits per heavy atom. The van der Waals surface area contributed by atoms with Gasteiger partial charge in [0.15, 0.2) is 0 Å². The standard InChI is InChI=1S/C12H10N2O2/c1-16-12(15)11-9-6-7-4-2-3-5-8(7)10(9)13-14-11/h2-5H,6H2,1H3,(H,13,14). The monoisotopic (exact) mass is 214 g/mol.